The molecule has 33 heavy (non-hydrogen) atoms. The summed E-state index contributed by atoms with van der Waals surface area (Å²) in [4.78, 5) is 31.8. The number of carbonyl (C=O) groups excluding carboxylic acids is 2. The lowest BCUT2D eigenvalue weighted by atomic mass is 9.76. The normalized spacial score (nSPS) is 22.6. The molecule has 2 heterocycles. The Morgan fingerprint density at radius 2 is 2.03 bits per heavy atom. The first kappa shape index (κ1) is 21.5. The van der Waals surface area contributed by atoms with Crippen LogP contribution >= 0.6 is 11.6 Å². The number of methoxy groups -OCH3 is 1. The van der Waals surface area contributed by atoms with Crippen LogP contribution in [0.5, 0.6) is 5.75 Å². The summed E-state index contributed by atoms with van der Waals surface area (Å²) in [7, 11) is 1.59. The summed E-state index contributed by atoms with van der Waals surface area (Å²) in [5.74, 6) is 1.18. The van der Waals surface area contributed by atoms with Crippen LogP contribution in [0.25, 0.3) is 11.4 Å². The quantitative estimate of drug-likeness (QED) is 0.598. The SMILES string of the molecule is COc1cccc(CN2C(=O)NC3CC(c4nc(-c5ccccc5Cl)no4)CCC3C2=O)c1. The summed E-state index contributed by atoms with van der Waals surface area (Å²) in [5, 5.41) is 7.66. The molecule has 5 rings (SSSR count). The predicted octanol–water partition coefficient (Wildman–Crippen LogP) is 4.40. The van der Waals surface area contributed by atoms with Gasteiger partial charge in [0.15, 0.2) is 0 Å². The van der Waals surface area contributed by atoms with Crippen molar-refractivity contribution in [3.8, 4) is 17.1 Å². The van der Waals surface area contributed by atoms with E-state index in [1.54, 1.807) is 13.2 Å². The van der Waals surface area contributed by atoms with Gasteiger partial charge in [-0.05, 0) is 49.1 Å². The highest BCUT2D eigenvalue weighted by Crippen LogP contribution is 2.39. The van der Waals surface area contributed by atoms with Gasteiger partial charge in [-0.2, -0.15) is 4.98 Å². The number of halogens is 1. The van der Waals surface area contributed by atoms with Gasteiger partial charge in [-0.15, -0.1) is 0 Å². The molecule has 1 aliphatic carbocycles. The summed E-state index contributed by atoms with van der Waals surface area (Å²) in [6.07, 6.45) is 1.92. The van der Waals surface area contributed by atoms with Gasteiger partial charge in [0.2, 0.25) is 17.6 Å². The second kappa shape index (κ2) is 8.86. The molecule has 0 radical (unpaired) electrons. The molecule has 1 aromatic heterocycles. The number of hydrogen-bond donors (Lipinski definition) is 1. The lowest BCUT2D eigenvalue weighted by Crippen LogP contribution is -2.60. The third-order valence-corrected chi connectivity index (χ3v) is 6.70. The zero-order chi connectivity index (χ0) is 22.9. The van der Waals surface area contributed by atoms with E-state index in [-0.39, 0.29) is 36.4 Å². The van der Waals surface area contributed by atoms with Gasteiger partial charge >= 0.3 is 6.03 Å². The molecule has 0 spiro atoms. The maximum Gasteiger partial charge on any atom is 0.324 e. The molecular weight excluding hydrogens is 444 g/mol. The Morgan fingerprint density at radius 1 is 1.18 bits per heavy atom. The van der Waals surface area contributed by atoms with E-state index in [9.17, 15) is 9.59 Å². The van der Waals surface area contributed by atoms with Gasteiger partial charge in [-0.3, -0.25) is 9.69 Å². The second-order valence-corrected chi connectivity index (χ2v) is 8.79. The number of benzene rings is 2. The number of aromatic nitrogens is 2. The highest BCUT2D eigenvalue weighted by Gasteiger charge is 2.45. The van der Waals surface area contributed by atoms with E-state index in [0.29, 0.717) is 40.9 Å². The van der Waals surface area contributed by atoms with Gasteiger partial charge in [0.25, 0.3) is 0 Å². The molecule has 3 unspecified atom stereocenters. The smallest absolute Gasteiger partial charge is 0.324 e. The maximum atomic E-state index is 13.2. The molecule has 2 aliphatic rings. The molecule has 2 fully saturated rings. The third-order valence-electron chi connectivity index (χ3n) is 6.37. The molecule has 1 N–H and O–H groups in total. The van der Waals surface area contributed by atoms with E-state index in [1.165, 1.54) is 4.90 Å². The van der Waals surface area contributed by atoms with Crippen LogP contribution in [0.15, 0.2) is 53.1 Å². The third kappa shape index (κ3) is 4.18. The minimum atomic E-state index is -0.382. The Kier molecular flexibility index (Phi) is 5.76. The van der Waals surface area contributed by atoms with Crippen LogP contribution in [0.1, 0.15) is 36.6 Å². The Hall–Kier alpha value is -3.39. The van der Waals surface area contributed by atoms with Crippen molar-refractivity contribution in [3.63, 3.8) is 0 Å². The first-order valence-corrected chi connectivity index (χ1v) is 11.2. The molecule has 170 valence electrons. The van der Waals surface area contributed by atoms with Gasteiger partial charge in [-0.1, -0.05) is 41.0 Å². The summed E-state index contributed by atoms with van der Waals surface area (Å²) in [6.45, 7) is 0.208. The topological polar surface area (TPSA) is 97.6 Å². The van der Waals surface area contributed by atoms with E-state index < -0.39 is 0 Å². The largest absolute Gasteiger partial charge is 0.497 e. The Labute approximate surface area is 195 Å². The molecule has 1 saturated heterocycles. The summed E-state index contributed by atoms with van der Waals surface area (Å²) in [6, 6.07) is 14.0. The summed E-state index contributed by atoms with van der Waals surface area (Å²) < 4.78 is 10.8. The summed E-state index contributed by atoms with van der Waals surface area (Å²) in [5.41, 5.74) is 1.54. The lowest BCUT2D eigenvalue weighted by Gasteiger charge is -2.41. The molecule has 1 saturated carbocycles. The van der Waals surface area contributed by atoms with Crippen LogP contribution in [-0.4, -0.2) is 40.1 Å². The minimum Gasteiger partial charge on any atom is -0.497 e. The van der Waals surface area contributed by atoms with Gasteiger partial charge < -0.3 is 14.6 Å². The standard InChI is InChI=1S/C24H23ClN4O4/c1-32-16-6-4-5-14(11-16)13-29-23(30)18-10-9-15(12-20(18)26-24(29)31)22-27-21(28-33-22)17-7-2-3-8-19(17)25/h2-8,11,15,18,20H,9-10,12-13H2,1H3,(H,26,31). The second-order valence-electron chi connectivity index (χ2n) is 8.38. The molecule has 3 atom stereocenters. The average molecular weight is 467 g/mol. The fourth-order valence-corrected chi connectivity index (χ4v) is 4.86. The Morgan fingerprint density at radius 3 is 2.85 bits per heavy atom. The van der Waals surface area contributed by atoms with Crippen molar-refractivity contribution < 1.29 is 18.8 Å². The number of fused-ring (bicyclic) bond motifs is 1. The highest BCUT2D eigenvalue weighted by molar-refractivity contribution is 6.33. The Bertz CT molecular complexity index is 1200. The van der Waals surface area contributed by atoms with Gasteiger partial charge in [0.1, 0.15) is 5.75 Å². The van der Waals surface area contributed by atoms with Crippen molar-refractivity contribution in [1.29, 1.82) is 0 Å². The average Bonchev–Trinajstić information content (AvgIpc) is 3.32. The number of amides is 3. The van der Waals surface area contributed by atoms with Crippen molar-refractivity contribution in [1.82, 2.24) is 20.4 Å². The van der Waals surface area contributed by atoms with E-state index in [1.807, 2.05) is 42.5 Å². The first-order valence-electron chi connectivity index (χ1n) is 10.9. The molecule has 2 aromatic carbocycles. The van der Waals surface area contributed by atoms with Crippen molar-refractivity contribution in [3.05, 3.63) is 65.0 Å². The molecule has 0 bridgehead atoms. The van der Waals surface area contributed by atoms with Gasteiger partial charge in [0, 0.05) is 17.5 Å². The molecule has 1 aliphatic heterocycles. The number of ether oxygens (including phenoxy) is 1. The van der Waals surface area contributed by atoms with Crippen molar-refractivity contribution in [2.45, 2.75) is 37.8 Å². The number of urea groups is 1. The van der Waals surface area contributed by atoms with Crippen molar-refractivity contribution in [2.24, 2.45) is 5.92 Å². The number of nitrogens with zero attached hydrogens (tertiary/aromatic N) is 3. The predicted molar refractivity (Wildman–Crippen MR) is 121 cm³/mol. The Balaban J connectivity index is 1.28. The van der Waals surface area contributed by atoms with Crippen LogP contribution in [-0.2, 0) is 11.3 Å². The van der Waals surface area contributed by atoms with Crippen LogP contribution in [0.3, 0.4) is 0 Å². The maximum absolute atomic E-state index is 13.2. The minimum absolute atomic E-state index is 0.0342. The number of rotatable bonds is 5. The zero-order valence-corrected chi connectivity index (χ0v) is 18.8. The number of carbonyl (C=O) groups is 2. The number of imide groups is 1. The fourth-order valence-electron chi connectivity index (χ4n) is 4.64. The molecule has 9 heteroatoms. The van der Waals surface area contributed by atoms with E-state index in [2.05, 4.69) is 15.5 Å². The number of hydrogen-bond acceptors (Lipinski definition) is 6. The fraction of sp³-hybridized carbons (Fsp3) is 0.333. The number of nitrogens with one attached hydrogen (secondary N) is 1. The monoisotopic (exact) mass is 466 g/mol. The van der Waals surface area contributed by atoms with E-state index >= 15 is 0 Å². The molecular formula is C24H23ClN4O4. The van der Waals surface area contributed by atoms with Crippen LogP contribution in [0.2, 0.25) is 5.02 Å². The summed E-state index contributed by atoms with van der Waals surface area (Å²) >= 11 is 6.25. The van der Waals surface area contributed by atoms with E-state index in [0.717, 1.165) is 12.0 Å². The van der Waals surface area contributed by atoms with E-state index in [4.69, 9.17) is 20.9 Å². The van der Waals surface area contributed by atoms with Crippen LogP contribution in [0, 0.1) is 5.92 Å². The molecule has 3 amide bonds. The zero-order valence-electron chi connectivity index (χ0n) is 18.0. The van der Waals surface area contributed by atoms with Gasteiger partial charge in [-0.25, -0.2) is 4.79 Å². The van der Waals surface area contributed by atoms with Crippen molar-refractivity contribution >= 4 is 23.5 Å². The van der Waals surface area contributed by atoms with Crippen LogP contribution < -0.4 is 10.1 Å². The molecule has 3 aromatic rings. The van der Waals surface area contributed by atoms with Gasteiger partial charge in [0.05, 0.1) is 24.6 Å². The first-order chi connectivity index (χ1) is 16.0. The molecule has 8 nitrogen and oxygen atoms in total. The van der Waals surface area contributed by atoms with Crippen molar-refractivity contribution in [2.75, 3.05) is 7.11 Å². The highest BCUT2D eigenvalue weighted by atomic mass is 35.5. The van der Waals surface area contributed by atoms with Crippen LogP contribution in [0.4, 0.5) is 4.79 Å². The lowest BCUT2D eigenvalue weighted by molar-refractivity contribution is -0.137.